The molecule has 140 valence electrons. The maximum atomic E-state index is 12.2. The predicted molar refractivity (Wildman–Crippen MR) is 102 cm³/mol. The molecule has 1 aromatic carbocycles. The van der Waals surface area contributed by atoms with Gasteiger partial charge in [0.25, 0.3) is 11.5 Å². The van der Waals surface area contributed by atoms with E-state index in [-0.39, 0.29) is 31.0 Å². The van der Waals surface area contributed by atoms with Crippen molar-refractivity contribution in [2.24, 2.45) is 0 Å². The molecular weight excluding hydrogens is 366 g/mol. The molecule has 2 aromatic heterocycles. The summed E-state index contributed by atoms with van der Waals surface area (Å²) in [6, 6.07) is 9.44. The van der Waals surface area contributed by atoms with Gasteiger partial charge < -0.3 is 10.1 Å². The van der Waals surface area contributed by atoms with Crippen molar-refractivity contribution in [3.8, 4) is 0 Å². The summed E-state index contributed by atoms with van der Waals surface area (Å²) in [6.45, 7) is 2.15. The second-order valence-electron chi connectivity index (χ2n) is 6.00. The Labute approximate surface area is 159 Å². The average molecular weight is 385 g/mol. The largest absolute Gasteiger partial charge is 0.456 e. The summed E-state index contributed by atoms with van der Waals surface area (Å²) in [6.07, 6.45) is 1.41. The van der Waals surface area contributed by atoms with Gasteiger partial charge in [-0.2, -0.15) is 0 Å². The van der Waals surface area contributed by atoms with Crippen LogP contribution < -0.4 is 10.9 Å². The van der Waals surface area contributed by atoms with Crippen LogP contribution in [0.1, 0.15) is 17.5 Å². The molecule has 0 radical (unpaired) electrons. The van der Waals surface area contributed by atoms with Gasteiger partial charge >= 0.3 is 5.97 Å². The second kappa shape index (κ2) is 8.59. The zero-order valence-electron chi connectivity index (χ0n) is 14.8. The van der Waals surface area contributed by atoms with Crippen molar-refractivity contribution >= 4 is 33.4 Å². The van der Waals surface area contributed by atoms with E-state index in [0.29, 0.717) is 16.8 Å². The topological polar surface area (TPSA) is 90.3 Å². The van der Waals surface area contributed by atoms with E-state index in [1.54, 1.807) is 11.4 Å². The Kier molecular flexibility index (Phi) is 5.97. The lowest BCUT2D eigenvalue weighted by atomic mass is 10.1. The van der Waals surface area contributed by atoms with Gasteiger partial charge in [-0.05, 0) is 29.5 Å². The molecule has 0 spiro atoms. The van der Waals surface area contributed by atoms with Gasteiger partial charge in [0.15, 0.2) is 6.61 Å². The number of esters is 1. The first-order chi connectivity index (χ1) is 13.0. The fraction of sp³-hybridized carbons (Fsp3) is 0.263. The van der Waals surface area contributed by atoms with Crippen molar-refractivity contribution in [3.05, 3.63) is 63.5 Å². The minimum absolute atomic E-state index is 0.0116. The minimum atomic E-state index is -0.543. The maximum Gasteiger partial charge on any atom is 0.308 e. The summed E-state index contributed by atoms with van der Waals surface area (Å²) in [5.74, 6) is -0.913. The van der Waals surface area contributed by atoms with Crippen LogP contribution in [0.2, 0.25) is 0 Å². The third-order valence-electron chi connectivity index (χ3n) is 4.11. The molecule has 8 heteroatoms. The van der Waals surface area contributed by atoms with Crippen molar-refractivity contribution in [1.29, 1.82) is 0 Å². The highest BCUT2D eigenvalue weighted by molar-refractivity contribution is 7.16. The Balaban J connectivity index is 1.44. The van der Waals surface area contributed by atoms with E-state index in [2.05, 4.69) is 10.3 Å². The molecule has 0 atom stereocenters. The first kappa shape index (κ1) is 18.8. The van der Waals surface area contributed by atoms with Crippen LogP contribution >= 0.6 is 11.3 Å². The summed E-state index contributed by atoms with van der Waals surface area (Å²) in [7, 11) is 0. The van der Waals surface area contributed by atoms with Crippen LogP contribution in [0, 0.1) is 6.92 Å². The smallest absolute Gasteiger partial charge is 0.308 e. The van der Waals surface area contributed by atoms with Crippen molar-refractivity contribution in [1.82, 2.24) is 14.9 Å². The number of rotatable bonds is 7. The van der Waals surface area contributed by atoms with Crippen molar-refractivity contribution in [2.45, 2.75) is 26.4 Å². The Morgan fingerprint density at radius 1 is 1.26 bits per heavy atom. The molecule has 0 saturated carbocycles. The summed E-state index contributed by atoms with van der Waals surface area (Å²) in [5, 5.41) is 5.05. The number of nitrogens with one attached hydrogen (secondary N) is 1. The lowest BCUT2D eigenvalue weighted by Gasteiger charge is -2.09. The summed E-state index contributed by atoms with van der Waals surface area (Å²) in [4.78, 5) is 40.7. The monoisotopic (exact) mass is 385 g/mol. The van der Waals surface area contributed by atoms with Crippen LogP contribution in [0.3, 0.4) is 0 Å². The second-order valence-corrected chi connectivity index (χ2v) is 6.89. The number of nitrogens with zero attached hydrogens (tertiary/aromatic N) is 2. The van der Waals surface area contributed by atoms with Crippen molar-refractivity contribution < 1.29 is 14.3 Å². The number of thiophene rings is 1. The minimum Gasteiger partial charge on any atom is -0.456 e. The van der Waals surface area contributed by atoms with E-state index < -0.39 is 5.97 Å². The number of carbonyl (C=O) groups excluding carboxylic acids is 2. The number of aryl methyl sites for hydroxylation is 2. The Morgan fingerprint density at radius 3 is 2.89 bits per heavy atom. The Hall–Kier alpha value is -3.00. The van der Waals surface area contributed by atoms with Gasteiger partial charge in [0.2, 0.25) is 0 Å². The molecule has 0 saturated heterocycles. The number of carbonyl (C=O) groups is 2. The molecule has 0 aliphatic heterocycles. The molecule has 3 rings (SSSR count). The molecule has 0 aliphatic rings. The zero-order valence-corrected chi connectivity index (χ0v) is 15.6. The Bertz CT molecular complexity index is 1020. The lowest BCUT2D eigenvalue weighted by molar-refractivity contribution is -0.148. The van der Waals surface area contributed by atoms with E-state index in [0.717, 1.165) is 11.1 Å². The number of fused-ring (bicyclic) bond motifs is 1. The third kappa shape index (κ3) is 4.79. The molecule has 3 aromatic rings. The van der Waals surface area contributed by atoms with Gasteiger partial charge in [-0.3, -0.25) is 19.0 Å². The molecule has 0 aliphatic carbocycles. The van der Waals surface area contributed by atoms with Crippen LogP contribution in [0.5, 0.6) is 0 Å². The molecule has 0 bridgehead atoms. The summed E-state index contributed by atoms with van der Waals surface area (Å²) in [5.41, 5.74) is 1.90. The van der Waals surface area contributed by atoms with E-state index in [4.69, 9.17) is 4.74 Å². The van der Waals surface area contributed by atoms with Gasteiger partial charge in [0, 0.05) is 13.1 Å². The number of aromatic nitrogens is 2. The quantitative estimate of drug-likeness (QED) is 0.629. The summed E-state index contributed by atoms with van der Waals surface area (Å²) >= 11 is 1.39. The predicted octanol–water partition coefficient (Wildman–Crippen LogP) is 2.02. The normalized spacial score (nSPS) is 10.7. The number of benzene rings is 1. The fourth-order valence-electron chi connectivity index (χ4n) is 2.54. The molecule has 27 heavy (non-hydrogen) atoms. The number of hydrogen-bond donors (Lipinski definition) is 1. The standard InChI is InChI=1S/C19H19N3O4S/c1-13-4-2-3-5-14(13)10-20-16(23)11-26-17(24)6-8-22-12-21-18-15(19(22)25)7-9-27-18/h2-5,7,9,12H,6,8,10-11H2,1H3,(H,20,23). The molecule has 7 nitrogen and oxygen atoms in total. The van der Waals surface area contributed by atoms with Gasteiger partial charge in [-0.25, -0.2) is 4.98 Å². The molecule has 2 heterocycles. The molecule has 0 fully saturated rings. The molecule has 1 N–H and O–H groups in total. The van der Waals surface area contributed by atoms with Gasteiger partial charge in [0.05, 0.1) is 18.1 Å². The lowest BCUT2D eigenvalue weighted by Crippen LogP contribution is -2.29. The molecular formula is C19H19N3O4S. The van der Waals surface area contributed by atoms with Crippen LogP contribution in [0.15, 0.2) is 46.8 Å². The van der Waals surface area contributed by atoms with E-state index in [1.165, 1.54) is 22.2 Å². The first-order valence-corrected chi connectivity index (χ1v) is 9.32. The number of ether oxygens (including phenoxy) is 1. The van der Waals surface area contributed by atoms with Gasteiger partial charge in [-0.1, -0.05) is 24.3 Å². The Morgan fingerprint density at radius 2 is 2.07 bits per heavy atom. The van der Waals surface area contributed by atoms with E-state index in [9.17, 15) is 14.4 Å². The first-order valence-electron chi connectivity index (χ1n) is 8.44. The SMILES string of the molecule is Cc1ccccc1CNC(=O)COC(=O)CCn1cnc2sccc2c1=O. The van der Waals surface area contributed by atoms with Gasteiger partial charge in [0.1, 0.15) is 4.83 Å². The highest BCUT2D eigenvalue weighted by Crippen LogP contribution is 2.13. The maximum absolute atomic E-state index is 12.2. The number of hydrogen-bond acceptors (Lipinski definition) is 6. The van der Waals surface area contributed by atoms with E-state index >= 15 is 0 Å². The van der Waals surface area contributed by atoms with Crippen LogP contribution in [0.25, 0.3) is 10.2 Å². The van der Waals surface area contributed by atoms with Crippen LogP contribution in [0.4, 0.5) is 0 Å². The van der Waals surface area contributed by atoms with E-state index in [1.807, 2.05) is 31.2 Å². The van der Waals surface area contributed by atoms with Crippen molar-refractivity contribution in [2.75, 3.05) is 6.61 Å². The van der Waals surface area contributed by atoms with Crippen molar-refractivity contribution in [3.63, 3.8) is 0 Å². The fourth-order valence-corrected chi connectivity index (χ4v) is 3.26. The average Bonchev–Trinajstić information content (AvgIpc) is 3.15. The van der Waals surface area contributed by atoms with Crippen LogP contribution in [-0.4, -0.2) is 28.0 Å². The number of amides is 1. The summed E-state index contributed by atoms with van der Waals surface area (Å²) < 4.78 is 6.34. The molecule has 1 amide bonds. The highest BCUT2D eigenvalue weighted by atomic mass is 32.1. The third-order valence-corrected chi connectivity index (χ3v) is 4.93. The van der Waals surface area contributed by atoms with Crippen LogP contribution in [-0.2, 0) is 27.4 Å². The molecule has 0 unspecified atom stereocenters. The highest BCUT2D eigenvalue weighted by Gasteiger charge is 2.10. The zero-order chi connectivity index (χ0) is 19.2. The van der Waals surface area contributed by atoms with Gasteiger partial charge in [-0.15, -0.1) is 11.3 Å².